The maximum Gasteiger partial charge on any atom is 0.139 e. The van der Waals surface area contributed by atoms with Gasteiger partial charge in [-0.1, -0.05) is 79.3 Å². The lowest BCUT2D eigenvalue weighted by atomic mass is 10.1. The molecule has 0 N–H and O–H groups in total. The summed E-state index contributed by atoms with van der Waals surface area (Å²) in [5, 5.41) is 3.44. The summed E-state index contributed by atoms with van der Waals surface area (Å²) in [5.41, 5.74) is 1.95. The Morgan fingerprint density at radius 3 is 2.52 bits per heavy atom. The van der Waals surface area contributed by atoms with E-state index in [0.717, 1.165) is 35.9 Å². The molecule has 5 heteroatoms. The Hall–Kier alpha value is -1.000. The summed E-state index contributed by atoms with van der Waals surface area (Å²) in [4.78, 5) is 0. The molecule has 0 aliphatic heterocycles. The predicted molar refractivity (Wildman–Crippen MR) is 116 cm³/mol. The summed E-state index contributed by atoms with van der Waals surface area (Å²) in [7, 11) is 0. The second-order valence-electron chi connectivity index (χ2n) is 5.41. The largest absolute Gasteiger partial charge is 0.492 e. The lowest BCUT2D eigenvalue weighted by Crippen LogP contribution is -1.93. The highest BCUT2D eigenvalue weighted by Crippen LogP contribution is 2.34. The Morgan fingerprint density at radius 2 is 1.76 bits per heavy atom. The third kappa shape index (κ3) is 4.22. The van der Waals surface area contributed by atoms with Crippen LogP contribution in [0.1, 0.15) is 18.1 Å². The third-order valence-electron chi connectivity index (χ3n) is 3.72. The Balaban J connectivity index is 2.00. The molecule has 0 saturated heterocycles. The van der Waals surface area contributed by atoms with Crippen LogP contribution in [0, 0.1) is 0 Å². The summed E-state index contributed by atoms with van der Waals surface area (Å²) in [5.74, 6) is 0.672. The molecule has 0 fully saturated rings. The van der Waals surface area contributed by atoms with Gasteiger partial charge in [0, 0.05) is 19.4 Å². The van der Waals surface area contributed by atoms with Gasteiger partial charge in [-0.2, -0.15) is 0 Å². The van der Waals surface area contributed by atoms with Crippen molar-refractivity contribution in [2.24, 2.45) is 0 Å². The smallest absolute Gasteiger partial charge is 0.139 e. The molecule has 0 bridgehead atoms. The zero-order chi connectivity index (χ0) is 18.0. The molecular weight excluding hydrogens is 487 g/mol. The van der Waals surface area contributed by atoms with Crippen molar-refractivity contribution in [1.82, 2.24) is 0 Å². The van der Waals surface area contributed by atoms with Gasteiger partial charge in [-0.25, -0.2) is 0 Å². The third-order valence-corrected chi connectivity index (χ3v) is 5.60. The van der Waals surface area contributed by atoms with Gasteiger partial charge >= 0.3 is 0 Å². The molecule has 0 aliphatic carbocycles. The number of ether oxygens (including phenoxy) is 1. The van der Waals surface area contributed by atoms with E-state index in [0.29, 0.717) is 17.4 Å². The lowest BCUT2D eigenvalue weighted by Gasteiger charge is -2.09. The van der Waals surface area contributed by atoms with E-state index >= 15 is 0 Å². The molecular formula is C20H14Br2Cl2O. The van der Waals surface area contributed by atoms with Gasteiger partial charge in [-0.05, 0) is 53.8 Å². The quantitative estimate of drug-likeness (QED) is 0.328. The monoisotopic (exact) mass is 498 g/mol. The average Bonchev–Trinajstić information content (AvgIpc) is 2.60. The van der Waals surface area contributed by atoms with Crippen molar-refractivity contribution in [2.75, 3.05) is 6.61 Å². The molecule has 3 aromatic carbocycles. The Kier molecular flexibility index (Phi) is 6.11. The van der Waals surface area contributed by atoms with Crippen molar-refractivity contribution in [1.29, 1.82) is 0 Å². The van der Waals surface area contributed by atoms with Crippen LogP contribution in [-0.2, 0) is 0 Å². The molecule has 0 aromatic heterocycles. The van der Waals surface area contributed by atoms with E-state index < -0.39 is 0 Å². The van der Waals surface area contributed by atoms with Crippen LogP contribution in [0.15, 0.2) is 51.4 Å². The van der Waals surface area contributed by atoms with Crippen molar-refractivity contribution in [3.8, 4) is 5.75 Å². The fourth-order valence-corrected chi connectivity index (χ4v) is 3.92. The summed E-state index contributed by atoms with van der Waals surface area (Å²) in [6.45, 7) is 2.50. The maximum atomic E-state index is 6.44. The van der Waals surface area contributed by atoms with Gasteiger partial charge in [0.1, 0.15) is 5.75 Å². The van der Waals surface area contributed by atoms with Gasteiger partial charge in [0.15, 0.2) is 0 Å². The zero-order valence-corrected chi connectivity index (χ0v) is 18.0. The molecule has 25 heavy (non-hydrogen) atoms. The first-order valence-electron chi connectivity index (χ1n) is 7.67. The predicted octanol–water partition coefficient (Wildman–Crippen LogP) is 8.24. The topological polar surface area (TPSA) is 9.23 Å². The molecule has 0 spiro atoms. The van der Waals surface area contributed by atoms with Crippen LogP contribution in [-0.4, -0.2) is 6.61 Å². The highest BCUT2D eigenvalue weighted by molar-refractivity contribution is 9.11. The first kappa shape index (κ1) is 18.8. The van der Waals surface area contributed by atoms with Crippen molar-refractivity contribution in [2.45, 2.75) is 6.92 Å². The van der Waals surface area contributed by atoms with Gasteiger partial charge in [-0.15, -0.1) is 0 Å². The number of hydrogen-bond donors (Lipinski definition) is 0. The van der Waals surface area contributed by atoms with E-state index in [4.69, 9.17) is 27.9 Å². The molecule has 0 radical (unpaired) electrons. The Bertz CT molecular complexity index is 968. The lowest BCUT2D eigenvalue weighted by molar-refractivity contribution is 0.340. The van der Waals surface area contributed by atoms with E-state index in [2.05, 4.69) is 37.9 Å². The first-order chi connectivity index (χ1) is 12.0. The highest BCUT2D eigenvalue weighted by atomic mass is 79.9. The number of hydrogen-bond acceptors (Lipinski definition) is 1. The molecule has 0 saturated carbocycles. The molecule has 0 aliphatic rings. The number of benzene rings is 3. The van der Waals surface area contributed by atoms with Crippen LogP contribution in [0.3, 0.4) is 0 Å². The molecule has 0 atom stereocenters. The number of fused-ring (bicyclic) bond motifs is 1. The minimum atomic E-state index is 0.568. The SMILES string of the molecule is CCOc1cc(Br)cc(C=Cc2ccc3c(Cl)ccc(Br)c3c2)c1Cl. The molecule has 0 heterocycles. The molecule has 0 amide bonds. The van der Waals surface area contributed by atoms with Crippen molar-refractivity contribution in [3.05, 3.63) is 72.6 Å². The van der Waals surface area contributed by atoms with E-state index in [1.807, 2.05) is 55.5 Å². The van der Waals surface area contributed by atoms with Crippen LogP contribution >= 0.6 is 55.1 Å². The highest BCUT2D eigenvalue weighted by Gasteiger charge is 2.08. The summed E-state index contributed by atoms with van der Waals surface area (Å²) in [6, 6.07) is 13.8. The van der Waals surface area contributed by atoms with E-state index in [1.165, 1.54) is 0 Å². The zero-order valence-electron chi connectivity index (χ0n) is 13.3. The van der Waals surface area contributed by atoms with E-state index in [9.17, 15) is 0 Å². The van der Waals surface area contributed by atoms with E-state index in [1.54, 1.807) is 0 Å². The van der Waals surface area contributed by atoms with Gasteiger partial charge in [-0.3, -0.25) is 0 Å². The normalized spacial score (nSPS) is 11.4. The van der Waals surface area contributed by atoms with Gasteiger partial charge < -0.3 is 4.74 Å². The fourth-order valence-electron chi connectivity index (χ4n) is 2.55. The standard InChI is InChI=1S/C20H14Br2Cl2O/c1-2-25-19-11-14(21)10-13(20(19)24)5-3-12-4-6-15-16(9-12)17(22)7-8-18(15)23/h3-11H,2H2,1H3. The van der Waals surface area contributed by atoms with E-state index in [-0.39, 0.29) is 0 Å². The average molecular weight is 501 g/mol. The van der Waals surface area contributed by atoms with Crippen LogP contribution < -0.4 is 4.74 Å². The maximum absolute atomic E-state index is 6.44. The van der Waals surface area contributed by atoms with Gasteiger partial charge in [0.05, 0.1) is 11.6 Å². The van der Waals surface area contributed by atoms with Crippen molar-refractivity contribution in [3.63, 3.8) is 0 Å². The number of rotatable bonds is 4. The molecule has 0 unspecified atom stereocenters. The Labute approximate surface area is 173 Å². The van der Waals surface area contributed by atoms with Crippen LogP contribution in [0.4, 0.5) is 0 Å². The summed E-state index contributed by atoms with van der Waals surface area (Å²) in [6.07, 6.45) is 4.01. The van der Waals surface area contributed by atoms with Crippen molar-refractivity contribution < 1.29 is 4.74 Å². The van der Waals surface area contributed by atoms with Crippen molar-refractivity contribution >= 4 is 78.0 Å². The molecule has 1 nitrogen and oxygen atoms in total. The number of halogens is 4. The summed E-state index contributed by atoms with van der Waals surface area (Å²) < 4.78 is 7.52. The Morgan fingerprint density at radius 1 is 0.960 bits per heavy atom. The molecule has 128 valence electrons. The summed E-state index contributed by atoms with van der Waals surface area (Å²) >= 11 is 19.8. The second-order valence-corrected chi connectivity index (χ2v) is 7.96. The van der Waals surface area contributed by atoms with Gasteiger partial charge in [0.2, 0.25) is 0 Å². The van der Waals surface area contributed by atoms with Crippen LogP contribution in [0.25, 0.3) is 22.9 Å². The van der Waals surface area contributed by atoms with Crippen LogP contribution in [0.5, 0.6) is 5.75 Å². The molecule has 3 rings (SSSR count). The fraction of sp³-hybridized carbons (Fsp3) is 0.100. The second kappa shape index (κ2) is 8.13. The first-order valence-corrected chi connectivity index (χ1v) is 10.0. The van der Waals surface area contributed by atoms with Gasteiger partial charge in [0.25, 0.3) is 0 Å². The minimum Gasteiger partial charge on any atom is -0.492 e. The minimum absolute atomic E-state index is 0.568. The molecule has 3 aromatic rings. The van der Waals surface area contributed by atoms with Crippen LogP contribution in [0.2, 0.25) is 10.0 Å².